The molecule has 1 aromatic carbocycles. The molecule has 3 heterocycles. The van der Waals surface area contributed by atoms with Crippen LogP contribution in [-0.4, -0.2) is 46.5 Å². The van der Waals surface area contributed by atoms with Gasteiger partial charge >= 0.3 is 6.18 Å². The second-order valence-corrected chi connectivity index (χ2v) is 7.27. The minimum Gasteiger partial charge on any atom is -0.341 e. The molecule has 0 saturated carbocycles. The van der Waals surface area contributed by atoms with Crippen LogP contribution in [0.4, 0.5) is 19.1 Å². The summed E-state index contributed by atoms with van der Waals surface area (Å²) in [6.07, 6.45) is -0.624. The van der Waals surface area contributed by atoms with Gasteiger partial charge < -0.3 is 4.90 Å². The van der Waals surface area contributed by atoms with Crippen molar-refractivity contribution in [2.45, 2.75) is 25.4 Å². The molecule has 4 rings (SSSR count). The summed E-state index contributed by atoms with van der Waals surface area (Å²) in [5, 5.41) is 0.815. The Bertz CT molecular complexity index is 906. The average Bonchev–Trinajstić information content (AvgIpc) is 2.99. The number of hydroxylamine groups is 2. The average molecular weight is 420 g/mol. The van der Waals surface area contributed by atoms with E-state index in [0.29, 0.717) is 36.6 Å². The summed E-state index contributed by atoms with van der Waals surface area (Å²) in [6.45, 7) is 1.46. The molecule has 30 heavy (non-hydrogen) atoms. The Labute approximate surface area is 170 Å². The number of hydrogen-bond donors (Lipinski definition) is 0. The van der Waals surface area contributed by atoms with Gasteiger partial charge in [0.1, 0.15) is 0 Å². The Morgan fingerprint density at radius 3 is 2.10 bits per heavy atom. The maximum Gasteiger partial charge on any atom is 0.419 e. The molecule has 0 atom stereocenters. The Hall–Kier alpha value is -3.01. The molecule has 2 amide bonds. The molecule has 0 spiro atoms. The second kappa shape index (κ2) is 8.02. The molecule has 1 saturated heterocycles. The zero-order chi connectivity index (χ0) is 21.3. The number of amides is 2. The summed E-state index contributed by atoms with van der Waals surface area (Å²) in [4.78, 5) is 39.5. The summed E-state index contributed by atoms with van der Waals surface area (Å²) in [5.74, 6) is -0.315. The molecule has 0 unspecified atom stereocenters. The van der Waals surface area contributed by atoms with Crippen molar-refractivity contribution in [2.75, 3.05) is 24.6 Å². The Kier molecular flexibility index (Phi) is 5.42. The predicted molar refractivity (Wildman–Crippen MR) is 99.5 cm³/mol. The molecule has 158 valence electrons. The van der Waals surface area contributed by atoms with E-state index in [2.05, 4.69) is 9.97 Å². The van der Waals surface area contributed by atoms with E-state index in [4.69, 9.17) is 4.84 Å². The number of alkyl halides is 3. The van der Waals surface area contributed by atoms with Crippen LogP contribution in [0.3, 0.4) is 0 Å². The summed E-state index contributed by atoms with van der Waals surface area (Å²) < 4.78 is 37.9. The molecule has 0 bridgehead atoms. The van der Waals surface area contributed by atoms with Crippen molar-refractivity contribution in [3.63, 3.8) is 0 Å². The third kappa shape index (κ3) is 4.00. The summed E-state index contributed by atoms with van der Waals surface area (Å²) in [5.41, 5.74) is -0.189. The number of carbonyl (C=O) groups is 2. The van der Waals surface area contributed by atoms with Crippen molar-refractivity contribution < 1.29 is 27.6 Å². The zero-order valence-electron chi connectivity index (χ0n) is 15.9. The van der Waals surface area contributed by atoms with E-state index >= 15 is 0 Å². The molecule has 0 radical (unpaired) electrons. The lowest BCUT2D eigenvalue weighted by molar-refractivity contribution is -0.138. The first-order valence-electron chi connectivity index (χ1n) is 9.59. The highest BCUT2D eigenvalue weighted by Crippen LogP contribution is 2.29. The lowest BCUT2D eigenvalue weighted by atomic mass is 9.94. The number of benzene rings is 1. The van der Waals surface area contributed by atoms with Crippen LogP contribution in [0.15, 0.2) is 36.7 Å². The van der Waals surface area contributed by atoms with Gasteiger partial charge in [-0.1, -0.05) is 12.1 Å². The number of nitrogens with zero attached hydrogens (tertiary/aromatic N) is 4. The first-order chi connectivity index (χ1) is 14.3. The van der Waals surface area contributed by atoms with Crippen LogP contribution in [0, 0.1) is 5.92 Å². The Morgan fingerprint density at radius 2 is 1.57 bits per heavy atom. The van der Waals surface area contributed by atoms with Gasteiger partial charge in [-0.2, -0.15) is 13.2 Å². The Morgan fingerprint density at radius 1 is 1.00 bits per heavy atom. The molecular weight excluding hydrogens is 401 g/mol. The summed E-state index contributed by atoms with van der Waals surface area (Å²) >= 11 is 0. The van der Waals surface area contributed by atoms with Crippen LogP contribution in [0.1, 0.15) is 45.5 Å². The maximum atomic E-state index is 12.6. The van der Waals surface area contributed by atoms with Crippen molar-refractivity contribution in [1.82, 2.24) is 15.0 Å². The number of fused-ring (bicyclic) bond motifs is 1. The van der Waals surface area contributed by atoms with Crippen LogP contribution in [0.2, 0.25) is 0 Å². The zero-order valence-corrected chi connectivity index (χ0v) is 15.9. The van der Waals surface area contributed by atoms with E-state index in [1.807, 2.05) is 4.90 Å². The SMILES string of the molecule is O=C1c2ccccc2C(=O)N1OCCC1CCN(c2ncc(C(F)(F)F)cn2)CC1. The lowest BCUT2D eigenvalue weighted by Crippen LogP contribution is -2.36. The minimum absolute atomic E-state index is 0.229. The molecular formula is C20H19F3N4O3. The van der Waals surface area contributed by atoms with Crippen LogP contribution >= 0.6 is 0 Å². The van der Waals surface area contributed by atoms with Gasteiger partial charge in [0, 0.05) is 25.5 Å². The van der Waals surface area contributed by atoms with E-state index in [1.165, 1.54) is 0 Å². The van der Waals surface area contributed by atoms with Gasteiger partial charge in [-0.15, -0.1) is 5.06 Å². The number of hydrogen-bond acceptors (Lipinski definition) is 6. The van der Waals surface area contributed by atoms with Crippen molar-refractivity contribution in [1.29, 1.82) is 0 Å². The molecule has 2 aromatic rings. The van der Waals surface area contributed by atoms with Gasteiger partial charge in [-0.05, 0) is 37.3 Å². The smallest absolute Gasteiger partial charge is 0.341 e. The number of anilines is 1. The fourth-order valence-corrected chi connectivity index (χ4v) is 3.65. The number of halogens is 3. The standard InChI is InChI=1S/C20H19F3N4O3/c21-20(22,23)14-11-24-19(25-12-14)26-8-5-13(6-9-26)7-10-30-27-17(28)15-3-1-2-4-16(15)18(27)29/h1-4,11-13H,5-10H2. The van der Waals surface area contributed by atoms with E-state index in [-0.39, 0.29) is 12.6 Å². The van der Waals surface area contributed by atoms with Crippen molar-refractivity contribution >= 4 is 17.8 Å². The second-order valence-electron chi connectivity index (χ2n) is 7.27. The molecule has 0 aliphatic carbocycles. The van der Waals surface area contributed by atoms with Crippen molar-refractivity contribution in [2.24, 2.45) is 5.92 Å². The quantitative estimate of drug-likeness (QED) is 0.691. The molecule has 10 heteroatoms. The maximum absolute atomic E-state index is 12.6. The normalized spacial score (nSPS) is 17.6. The highest BCUT2D eigenvalue weighted by Gasteiger charge is 2.36. The predicted octanol–water partition coefficient (Wildman–Crippen LogP) is 3.33. The molecule has 1 aromatic heterocycles. The molecule has 7 nitrogen and oxygen atoms in total. The topological polar surface area (TPSA) is 75.6 Å². The lowest BCUT2D eigenvalue weighted by Gasteiger charge is -2.32. The molecule has 0 N–H and O–H groups in total. The highest BCUT2D eigenvalue weighted by atomic mass is 19.4. The minimum atomic E-state index is -4.45. The van der Waals surface area contributed by atoms with Crippen LogP contribution in [0.5, 0.6) is 0 Å². The van der Waals surface area contributed by atoms with Crippen LogP contribution in [-0.2, 0) is 11.0 Å². The van der Waals surface area contributed by atoms with Gasteiger partial charge in [0.25, 0.3) is 11.8 Å². The largest absolute Gasteiger partial charge is 0.419 e. The van der Waals surface area contributed by atoms with Gasteiger partial charge in [0.15, 0.2) is 0 Å². The number of piperidine rings is 1. The van der Waals surface area contributed by atoms with Gasteiger partial charge in [-0.3, -0.25) is 14.4 Å². The van der Waals surface area contributed by atoms with E-state index < -0.39 is 23.6 Å². The Balaban J connectivity index is 1.24. The van der Waals surface area contributed by atoms with Gasteiger partial charge in [-0.25, -0.2) is 9.97 Å². The van der Waals surface area contributed by atoms with E-state index in [1.54, 1.807) is 24.3 Å². The molecule has 2 aliphatic heterocycles. The summed E-state index contributed by atoms with van der Waals surface area (Å²) in [7, 11) is 0. The number of rotatable bonds is 5. The van der Waals surface area contributed by atoms with Crippen molar-refractivity contribution in [3.8, 4) is 0 Å². The van der Waals surface area contributed by atoms with Gasteiger partial charge in [0.05, 0.1) is 23.3 Å². The monoisotopic (exact) mass is 420 g/mol. The van der Waals surface area contributed by atoms with E-state index in [9.17, 15) is 22.8 Å². The number of imide groups is 1. The number of aromatic nitrogens is 2. The molecule has 2 aliphatic rings. The van der Waals surface area contributed by atoms with Gasteiger partial charge in [0.2, 0.25) is 5.95 Å². The third-order valence-corrected chi connectivity index (χ3v) is 5.37. The molecule has 1 fully saturated rings. The number of carbonyl (C=O) groups excluding carboxylic acids is 2. The van der Waals surface area contributed by atoms with Crippen LogP contribution in [0.25, 0.3) is 0 Å². The van der Waals surface area contributed by atoms with E-state index in [0.717, 1.165) is 30.3 Å². The fraction of sp³-hybridized carbons (Fsp3) is 0.400. The highest BCUT2D eigenvalue weighted by molar-refractivity contribution is 6.20. The first-order valence-corrected chi connectivity index (χ1v) is 9.59. The fourth-order valence-electron chi connectivity index (χ4n) is 3.65. The van der Waals surface area contributed by atoms with Crippen LogP contribution < -0.4 is 4.90 Å². The third-order valence-electron chi connectivity index (χ3n) is 5.37. The summed E-state index contributed by atoms with van der Waals surface area (Å²) in [6, 6.07) is 6.58. The first kappa shape index (κ1) is 20.3. The van der Waals surface area contributed by atoms with Crippen molar-refractivity contribution in [3.05, 3.63) is 53.3 Å².